The molecule has 0 fully saturated rings. The van der Waals surface area contributed by atoms with Crippen LogP contribution in [0.15, 0.2) is 24.3 Å². The molecule has 4 nitrogen and oxygen atoms in total. The summed E-state index contributed by atoms with van der Waals surface area (Å²) >= 11 is 6.16. The molecule has 1 heterocycles. The maximum atomic E-state index is 11.5. The van der Waals surface area contributed by atoms with Crippen LogP contribution in [0, 0.1) is 0 Å². The number of hydrogen-bond donors (Lipinski definition) is 0. The van der Waals surface area contributed by atoms with Crippen LogP contribution in [-0.2, 0) is 9.84 Å². The van der Waals surface area contributed by atoms with Crippen molar-refractivity contribution in [3.63, 3.8) is 0 Å². The second-order valence-corrected chi connectivity index (χ2v) is 7.73. The Bertz CT molecular complexity index is 692. The number of benzene rings is 1. The van der Waals surface area contributed by atoms with Gasteiger partial charge in [0, 0.05) is 12.3 Å². The summed E-state index contributed by atoms with van der Waals surface area (Å²) in [5, 5.41) is -0.269. The van der Waals surface area contributed by atoms with Crippen LogP contribution in [0.1, 0.15) is 31.1 Å². The maximum Gasteiger partial charge on any atom is 0.149 e. The fourth-order valence-electron chi connectivity index (χ4n) is 2.32. The van der Waals surface area contributed by atoms with E-state index in [1.807, 2.05) is 42.7 Å². The van der Waals surface area contributed by atoms with Crippen molar-refractivity contribution in [2.75, 3.05) is 12.0 Å². The fourth-order valence-corrected chi connectivity index (χ4v) is 3.50. The first-order chi connectivity index (χ1) is 8.79. The predicted molar refractivity (Wildman–Crippen MR) is 78.4 cm³/mol. The first-order valence-corrected chi connectivity index (χ1v) is 8.58. The van der Waals surface area contributed by atoms with Crippen LogP contribution in [0.25, 0.3) is 11.0 Å². The summed E-state index contributed by atoms with van der Waals surface area (Å²) in [5.41, 5.74) is 1.76. The molecule has 104 valence electrons. The molecular formula is C13H17ClN2O2S. The van der Waals surface area contributed by atoms with Gasteiger partial charge < -0.3 is 4.57 Å². The summed E-state index contributed by atoms with van der Waals surface area (Å²) in [5.74, 6) is 0.781. The van der Waals surface area contributed by atoms with Crippen molar-refractivity contribution >= 4 is 32.5 Å². The Kier molecular flexibility index (Phi) is 3.87. The molecule has 0 bridgehead atoms. The van der Waals surface area contributed by atoms with Gasteiger partial charge in [-0.2, -0.15) is 0 Å². The Balaban J connectivity index is 2.59. The number of alkyl halides is 1. The van der Waals surface area contributed by atoms with Crippen LogP contribution in [0.4, 0.5) is 0 Å². The van der Waals surface area contributed by atoms with E-state index < -0.39 is 9.84 Å². The number of sulfone groups is 1. The highest BCUT2D eigenvalue weighted by atomic mass is 35.5. The lowest BCUT2D eigenvalue weighted by molar-refractivity contribution is 0.555. The molecule has 0 saturated carbocycles. The number of rotatable bonds is 4. The molecule has 2 aromatic rings. The van der Waals surface area contributed by atoms with Crippen molar-refractivity contribution < 1.29 is 8.42 Å². The average Bonchev–Trinajstić information content (AvgIpc) is 2.65. The van der Waals surface area contributed by atoms with Crippen LogP contribution in [-0.4, -0.2) is 30.0 Å². The molecule has 2 rings (SSSR count). The average molecular weight is 301 g/mol. The fraction of sp³-hybridized carbons (Fsp3) is 0.462. The summed E-state index contributed by atoms with van der Waals surface area (Å²) in [6, 6.07) is 7.46. The predicted octanol–water partition coefficient (Wildman–Crippen LogP) is 2.94. The molecule has 2 atom stereocenters. The van der Waals surface area contributed by atoms with E-state index in [1.54, 1.807) is 0 Å². The van der Waals surface area contributed by atoms with E-state index in [0.717, 1.165) is 11.0 Å². The minimum atomic E-state index is -3.05. The van der Waals surface area contributed by atoms with Crippen LogP contribution in [0.3, 0.4) is 0 Å². The van der Waals surface area contributed by atoms with Gasteiger partial charge in [-0.25, -0.2) is 13.4 Å². The number of hydrogen-bond acceptors (Lipinski definition) is 3. The van der Waals surface area contributed by atoms with Crippen molar-refractivity contribution in [3.05, 3.63) is 30.1 Å². The molecule has 1 aromatic carbocycles. The lowest BCUT2D eigenvalue weighted by atomic mass is 10.3. The normalized spacial score (nSPS) is 15.6. The number of halogens is 1. The lowest BCUT2D eigenvalue weighted by Crippen LogP contribution is -2.18. The first kappa shape index (κ1) is 14.3. The van der Waals surface area contributed by atoms with Crippen molar-refractivity contribution in [2.24, 2.45) is 0 Å². The minimum absolute atomic E-state index is 0.0734. The third-order valence-corrected chi connectivity index (χ3v) is 4.25. The molecule has 0 N–H and O–H groups in total. The number of nitrogens with zero attached hydrogens (tertiary/aromatic N) is 2. The van der Waals surface area contributed by atoms with Gasteiger partial charge in [0.25, 0.3) is 0 Å². The zero-order valence-electron chi connectivity index (χ0n) is 11.2. The number of fused-ring (bicyclic) bond motifs is 1. The van der Waals surface area contributed by atoms with Crippen LogP contribution in [0.5, 0.6) is 0 Å². The van der Waals surface area contributed by atoms with Gasteiger partial charge in [-0.15, -0.1) is 11.6 Å². The summed E-state index contributed by atoms with van der Waals surface area (Å²) in [6.45, 7) is 3.71. The third kappa shape index (κ3) is 3.09. The standard InChI is InChI=1S/C13H17ClN2O2S/c1-9(8-19(3,17)18)16-12-7-5-4-6-11(12)15-13(16)10(2)14/h4-7,9-10H,8H2,1-3H3. The van der Waals surface area contributed by atoms with Gasteiger partial charge in [0.15, 0.2) is 0 Å². The molecule has 2 unspecified atom stereocenters. The molecule has 0 aliphatic heterocycles. The van der Waals surface area contributed by atoms with Gasteiger partial charge in [-0.3, -0.25) is 0 Å². The van der Waals surface area contributed by atoms with E-state index in [-0.39, 0.29) is 17.2 Å². The zero-order valence-corrected chi connectivity index (χ0v) is 12.7. The Morgan fingerprint density at radius 3 is 2.53 bits per heavy atom. The molecule has 0 aliphatic rings. The van der Waals surface area contributed by atoms with Gasteiger partial charge in [-0.1, -0.05) is 12.1 Å². The molecule has 0 radical (unpaired) electrons. The SMILES string of the molecule is CC(Cl)c1nc2ccccc2n1C(C)CS(C)(=O)=O. The Morgan fingerprint density at radius 1 is 1.32 bits per heavy atom. The molecule has 0 amide bonds. The summed E-state index contributed by atoms with van der Waals surface area (Å²) < 4.78 is 24.9. The van der Waals surface area contributed by atoms with E-state index in [4.69, 9.17) is 11.6 Å². The third-order valence-electron chi connectivity index (χ3n) is 2.96. The van der Waals surface area contributed by atoms with Crippen LogP contribution >= 0.6 is 11.6 Å². The lowest BCUT2D eigenvalue weighted by Gasteiger charge is -2.17. The molecule has 19 heavy (non-hydrogen) atoms. The quantitative estimate of drug-likeness (QED) is 0.816. The van der Waals surface area contributed by atoms with Crippen molar-refractivity contribution in [3.8, 4) is 0 Å². The second-order valence-electron chi connectivity index (χ2n) is 4.89. The summed E-state index contributed by atoms with van der Waals surface area (Å²) in [7, 11) is -3.05. The van der Waals surface area contributed by atoms with Crippen LogP contribution in [0.2, 0.25) is 0 Å². The smallest absolute Gasteiger partial charge is 0.149 e. The summed E-state index contributed by atoms with van der Waals surface area (Å²) in [6.07, 6.45) is 1.24. The molecule has 0 spiro atoms. The number of para-hydroxylation sites is 2. The Hall–Kier alpha value is -1.07. The molecule has 0 saturated heterocycles. The Labute approximate surface area is 118 Å². The highest BCUT2D eigenvalue weighted by Gasteiger charge is 2.21. The monoisotopic (exact) mass is 300 g/mol. The van der Waals surface area contributed by atoms with Gasteiger partial charge in [-0.05, 0) is 26.0 Å². The zero-order chi connectivity index (χ0) is 14.2. The number of imidazole rings is 1. The van der Waals surface area contributed by atoms with Gasteiger partial charge in [0.05, 0.1) is 22.2 Å². The highest BCUT2D eigenvalue weighted by molar-refractivity contribution is 7.90. The van der Waals surface area contributed by atoms with E-state index in [0.29, 0.717) is 5.82 Å². The van der Waals surface area contributed by atoms with E-state index >= 15 is 0 Å². The molecule has 6 heteroatoms. The minimum Gasteiger partial charge on any atom is -0.323 e. The largest absolute Gasteiger partial charge is 0.323 e. The maximum absolute atomic E-state index is 11.5. The molecule has 1 aromatic heterocycles. The van der Waals surface area contributed by atoms with Crippen LogP contribution < -0.4 is 0 Å². The van der Waals surface area contributed by atoms with Crippen molar-refractivity contribution in [2.45, 2.75) is 25.3 Å². The first-order valence-electron chi connectivity index (χ1n) is 6.08. The topological polar surface area (TPSA) is 52.0 Å². The van der Waals surface area contributed by atoms with Gasteiger partial charge in [0.2, 0.25) is 0 Å². The van der Waals surface area contributed by atoms with E-state index in [2.05, 4.69) is 4.98 Å². The summed E-state index contributed by atoms with van der Waals surface area (Å²) in [4.78, 5) is 4.50. The second kappa shape index (κ2) is 5.13. The Morgan fingerprint density at radius 2 is 1.95 bits per heavy atom. The molecular weight excluding hydrogens is 284 g/mol. The van der Waals surface area contributed by atoms with Gasteiger partial charge >= 0.3 is 0 Å². The van der Waals surface area contributed by atoms with Gasteiger partial charge in [0.1, 0.15) is 15.7 Å². The molecule has 0 aliphatic carbocycles. The van der Waals surface area contributed by atoms with Crippen molar-refractivity contribution in [1.29, 1.82) is 0 Å². The highest BCUT2D eigenvalue weighted by Crippen LogP contribution is 2.28. The van der Waals surface area contributed by atoms with E-state index in [1.165, 1.54) is 6.26 Å². The van der Waals surface area contributed by atoms with E-state index in [9.17, 15) is 8.42 Å². The number of aromatic nitrogens is 2. The van der Waals surface area contributed by atoms with Crippen molar-refractivity contribution in [1.82, 2.24) is 9.55 Å².